The van der Waals surface area contributed by atoms with Gasteiger partial charge in [-0.15, -0.1) is 0 Å². The van der Waals surface area contributed by atoms with Gasteiger partial charge in [-0.25, -0.2) is 0 Å². The predicted molar refractivity (Wildman–Crippen MR) is 86.2 cm³/mol. The summed E-state index contributed by atoms with van der Waals surface area (Å²) in [6.07, 6.45) is 5.15. The van der Waals surface area contributed by atoms with Crippen LogP contribution in [0.25, 0.3) is 0 Å². The van der Waals surface area contributed by atoms with Crippen LogP contribution in [0, 0.1) is 22.7 Å². The molecule has 4 heteroatoms. The minimum atomic E-state index is -0.524. The molecule has 0 aromatic carbocycles. The second-order valence-corrected chi connectivity index (χ2v) is 8.47. The standard InChI is InChI=1S/C18H30O4/c1-17(2,3)11-21-15(19)13-9-7-8-10-14(13)16(20)22-12-18(4,5)6/h7,9,13-14H,8,10-12H2,1-6H3. The summed E-state index contributed by atoms with van der Waals surface area (Å²) in [4.78, 5) is 24.6. The van der Waals surface area contributed by atoms with E-state index in [0.29, 0.717) is 19.6 Å². The number of esters is 2. The molecule has 1 aliphatic carbocycles. The fourth-order valence-corrected chi connectivity index (χ4v) is 2.12. The van der Waals surface area contributed by atoms with Crippen molar-refractivity contribution in [2.75, 3.05) is 13.2 Å². The van der Waals surface area contributed by atoms with Crippen LogP contribution in [-0.4, -0.2) is 25.2 Å². The fraction of sp³-hybridized carbons (Fsp3) is 0.778. The molecule has 0 radical (unpaired) electrons. The predicted octanol–water partition coefficient (Wildman–Crippen LogP) is 3.75. The monoisotopic (exact) mass is 310 g/mol. The first-order chi connectivity index (χ1) is 9.99. The zero-order chi connectivity index (χ0) is 17.0. The summed E-state index contributed by atoms with van der Waals surface area (Å²) in [5.74, 6) is -1.58. The number of allylic oxidation sites excluding steroid dienone is 1. The first-order valence-corrected chi connectivity index (χ1v) is 7.99. The maximum absolute atomic E-state index is 12.3. The van der Waals surface area contributed by atoms with Crippen LogP contribution in [0.3, 0.4) is 0 Å². The van der Waals surface area contributed by atoms with E-state index in [1.54, 1.807) is 6.08 Å². The lowest BCUT2D eigenvalue weighted by Gasteiger charge is -2.27. The Bertz CT molecular complexity index is 423. The van der Waals surface area contributed by atoms with E-state index in [1.807, 2.05) is 47.6 Å². The number of carbonyl (C=O) groups is 2. The average molecular weight is 310 g/mol. The van der Waals surface area contributed by atoms with Crippen LogP contribution in [-0.2, 0) is 19.1 Å². The Labute approximate surface area is 134 Å². The molecule has 0 aromatic heterocycles. The molecule has 0 heterocycles. The van der Waals surface area contributed by atoms with Crippen LogP contribution in [0.2, 0.25) is 0 Å². The van der Waals surface area contributed by atoms with Crippen LogP contribution < -0.4 is 0 Å². The van der Waals surface area contributed by atoms with Crippen molar-refractivity contribution in [1.29, 1.82) is 0 Å². The Balaban J connectivity index is 2.66. The van der Waals surface area contributed by atoms with Gasteiger partial charge in [-0.05, 0) is 23.7 Å². The fourth-order valence-electron chi connectivity index (χ4n) is 2.12. The van der Waals surface area contributed by atoms with E-state index < -0.39 is 11.8 Å². The molecule has 0 aliphatic heterocycles. The molecule has 2 atom stereocenters. The number of hydrogen-bond donors (Lipinski definition) is 0. The smallest absolute Gasteiger partial charge is 0.313 e. The van der Waals surface area contributed by atoms with Crippen molar-refractivity contribution in [3.05, 3.63) is 12.2 Å². The molecular weight excluding hydrogens is 280 g/mol. The Kier molecular flexibility index (Phi) is 6.21. The van der Waals surface area contributed by atoms with Crippen molar-refractivity contribution in [3.63, 3.8) is 0 Å². The topological polar surface area (TPSA) is 52.6 Å². The lowest BCUT2D eigenvalue weighted by molar-refractivity contribution is -0.162. The van der Waals surface area contributed by atoms with Crippen molar-refractivity contribution >= 4 is 11.9 Å². The van der Waals surface area contributed by atoms with Gasteiger partial charge < -0.3 is 9.47 Å². The molecule has 0 saturated carbocycles. The molecular formula is C18H30O4. The Morgan fingerprint density at radius 1 is 0.955 bits per heavy atom. The number of carbonyl (C=O) groups excluding carboxylic acids is 2. The van der Waals surface area contributed by atoms with Crippen molar-refractivity contribution in [2.24, 2.45) is 22.7 Å². The van der Waals surface area contributed by atoms with E-state index in [0.717, 1.165) is 6.42 Å². The maximum Gasteiger partial charge on any atom is 0.313 e. The van der Waals surface area contributed by atoms with Gasteiger partial charge in [0.2, 0.25) is 0 Å². The van der Waals surface area contributed by atoms with Gasteiger partial charge in [-0.2, -0.15) is 0 Å². The highest BCUT2D eigenvalue weighted by molar-refractivity contribution is 5.84. The third-order valence-corrected chi connectivity index (χ3v) is 3.29. The highest BCUT2D eigenvalue weighted by Gasteiger charge is 2.36. The highest BCUT2D eigenvalue weighted by atomic mass is 16.5. The minimum Gasteiger partial charge on any atom is -0.465 e. The van der Waals surface area contributed by atoms with Gasteiger partial charge in [-0.1, -0.05) is 53.7 Å². The third-order valence-electron chi connectivity index (χ3n) is 3.29. The van der Waals surface area contributed by atoms with Crippen LogP contribution in [0.5, 0.6) is 0 Å². The quantitative estimate of drug-likeness (QED) is 0.586. The zero-order valence-corrected chi connectivity index (χ0v) is 14.8. The first kappa shape index (κ1) is 18.7. The van der Waals surface area contributed by atoms with Gasteiger partial charge in [-0.3, -0.25) is 9.59 Å². The van der Waals surface area contributed by atoms with Crippen LogP contribution in [0.4, 0.5) is 0 Å². The summed E-state index contributed by atoms with van der Waals surface area (Å²) in [6.45, 7) is 12.8. The van der Waals surface area contributed by atoms with E-state index in [-0.39, 0.29) is 22.8 Å². The summed E-state index contributed by atoms with van der Waals surface area (Å²) < 4.78 is 10.8. The third kappa shape index (κ3) is 6.63. The van der Waals surface area contributed by atoms with E-state index in [2.05, 4.69) is 0 Å². The molecule has 0 bridgehead atoms. The summed E-state index contributed by atoms with van der Waals surface area (Å²) >= 11 is 0. The van der Waals surface area contributed by atoms with Crippen LogP contribution >= 0.6 is 0 Å². The molecule has 0 fully saturated rings. The Morgan fingerprint density at radius 3 is 1.95 bits per heavy atom. The molecule has 0 N–H and O–H groups in total. The van der Waals surface area contributed by atoms with Crippen molar-refractivity contribution in [1.82, 2.24) is 0 Å². The number of hydrogen-bond acceptors (Lipinski definition) is 4. The van der Waals surface area contributed by atoms with Gasteiger partial charge in [0.15, 0.2) is 0 Å². The molecule has 1 rings (SSSR count). The lowest BCUT2D eigenvalue weighted by atomic mass is 9.84. The molecule has 126 valence electrons. The second kappa shape index (κ2) is 7.30. The molecule has 0 aromatic rings. The Hall–Kier alpha value is -1.32. The van der Waals surface area contributed by atoms with Gasteiger partial charge >= 0.3 is 11.9 Å². The normalized spacial score (nSPS) is 22.3. The first-order valence-electron chi connectivity index (χ1n) is 7.99. The van der Waals surface area contributed by atoms with Crippen LogP contribution in [0.1, 0.15) is 54.4 Å². The number of ether oxygens (including phenoxy) is 2. The van der Waals surface area contributed by atoms with Crippen LogP contribution in [0.15, 0.2) is 12.2 Å². The molecule has 0 amide bonds. The van der Waals surface area contributed by atoms with Crippen molar-refractivity contribution in [3.8, 4) is 0 Å². The van der Waals surface area contributed by atoms with E-state index >= 15 is 0 Å². The Morgan fingerprint density at radius 2 is 1.45 bits per heavy atom. The van der Waals surface area contributed by atoms with Gasteiger partial charge in [0.05, 0.1) is 25.0 Å². The van der Waals surface area contributed by atoms with Crippen molar-refractivity contribution in [2.45, 2.75) is 54.4 Å². The second-order valence-electron chi connectivity index (χ2n) is 8.47. The average Bonchev–Trinajstić information content (AvgIpc) is 2.40. The molecule has 4 nitrogen and oxygen atoms in total. The van der Waals surface area contributed by atoms with E-state index in [9.17, 15) is 9.59 Å². The highest BCUT2D eigenvalue weighted by Crippen LogP contribution is 2.28. The number of rotatable bonds is 4. The van der Waals surface area contributed by atoms with E-state index in [4.69, 9.17) is 9.47 Å². The largest absolute Gasteiger partial charge is 0.465 e. The molecule has 0 spiro atoms. The van der Waals surface area contributed by atoms with Gasteiger partial charge in [0, 0.05) is 0 Å². The summed E-state index contributed by atoms with van der Waals surface area (Å²) in [5, 5.41) is 0. The summed E-state index contributed by atoms with van der Waals surface area (Å²) in [7, 11) is 0. The maximum atomic E-state index is 12.3. The minimum absolute atomic E-state index is 0.0809. The van der Waals surface area contributed by atoms with Gasteiger partial charge in [0.25, 0.3) is 0 Å². The lowest BCUT2D eigenvalue weighted by Crippen LogP contribution is -2.35. The molecule has 0 saturated heterocycles. The summed E-state index contributed by atoms with van der Waals surface area (Å²) in [5.41, 5.74) is -0.168. The SMILES string of the molecule is CC(C)(C)COC(=O)C1C=CCCC1C(=O)OCC(C)(C)C. The molecule has 2 unspecified atom stereocenters. The van der Waals surface area contributed by atoms with Crippen molar-refractivity contribution < 1.29 is 19.1 Å². The zero-order valence-electron chi connectivity index (χ0n) is 14.8. The molecule has 1 aliphatic rings. The van der Waals surface area contributed by atoms with E-state index in [1.165, 1.54) is 0 Å². The van der Waals surface area contributed by atoms with Gasteiger partial charge in [0.1, 0.15) is 0 Å². The molecule has 22 heavy (non-hydrogen) atoms. The summed E-state index contributed by atoms with van der Waals surface area (Å²) in [6, 6.07) is 0.